The van der Waals surface area contributed by atoms with Gasteiger partial charge in [0.15, 0.2) is 0 Å². The maximum Gasteiger partial charge on any atom is 0.407 e. The Morgan fingerprint density at radius 3 is 2.22 bits per heavy atom. The van der Waals surface area contributed by atoms with Crippen molar-refractivity contribution in [1.82, 2.24) is 5.32 Å². The molecular weight excluding hydrogens is 416 g/mol. The van der Waals surface area contributed by atoms with Crippen LogP contribution in [0, 0.1) is 17.6 Å². The average molecular weight is 437 g/mol. The van der Waals surface area contributed by atoms with Crippen molar-refractivity contribution in [3.8, 4) is 11.1 Å². The highest BCUT2D eigenvalue weighted by atomic mass is 19.1. The summed E-state index contributed by atoms with van der Waals surface area (Å²) in [7, 11) is 0. The Labute approximate surface area is 183 Å². The number of aliphatic carboxylic acids is 1. The fraction of sp³-hybridized carbons (Fsp3) is 0.200. The van der Waals surface area contributed by atoms with E-state index < -0.39 is 29.6 Å². The van der Waals surface area contributed by atoms with E-state index in [1.165, 1.54) is 0 Å². The van der Waals surface area contributed by atoms with E-state index in [1.54, 1.807) is 0 Å². The fourth-order valence-corrected chi connectivity index (χ4v) is 4.07. The van der Waals surface area contributed by atoms with Gasteiger partial charge >= 0.3 is 12.1 Å². The second-order valence-corrected chi connectivity index (χ2v) is 7.68. The first-order valence-corrected chi connectivity index (χ1v) is 10.2. The van der Waals surface area contributed by atoms with Crippen LogP contribution in [0.3, 0.4) is 0 Å². The summed E-state index contributed by atoms with van der Waals surface area (Å²) in [6.45, 7) is -0.182. The lowest BCUT2D eigenvalue weighted by atomic mass is 9.98. The number of carbonyl (C=O) groups is 2. The third-order valence-electron chi connectivity index (χ3n) is 5.66. The molecule has 0 aliphatic heterocycles. The predicted octanol–water partition coefficient (Wildman–Crippen LogP) is 4.75. The van der Waals surface area contributed by atoms with Gasteiger partial charge in [0.2, 0.25) is 0 Å². The Bertz CT molecular complexity index is 1120. The van der Waals surface area contributed by atoms with E-state index in [-0.39, 0.29) is 31.1 Å². The number of nitrogens with one attached hydrogen (secondary N) is 1. The van der Waals surface area contributed by atoms with E-state index >= 15 is 0 Å². The van der Waals surface area contributed by atoms with E-state index in [1.807, 2.05) is 48.5 Å². The zero-order valence-corrected chi connectivity index (χ0v) is 17.1. The molecule has 164 valence electrons. The first-order chi connectivity index (χ1) is 15.4. The zero-order chi connectivity index (χ0) is 22.7. The highest BCUT2D eigenvalue weighted by Crippen LogP contribution is 2.44. The van der Waals surface area contributed by atoms with Crippen LogP contribution in [0.2, 0.25) is 0 Å². The molecule has 0 aromatic heterocycles. The van der Waals surface area contributed by atoms with Gasteiger partial charge in [0.25, 0.3) is 0 Å². The second kappa shape index (κ2) is 9.18. The number of ether oxygens (including phenoxy) is 1. The summed E-state index contributed by atoms with van der Waals surface area (Å²) >= 11 is 0. The number of halogens is 2. The molecule has 0 fully saturated rings. The van der Waals surface area contributed by atoms with Gasteiger partial charge in [-0.25, -0.2) is 13.6 Å². The van der Waals surface area contributed by atoms with Crippen molar-refractivity contribution in [2.24, 2.45) is 5.92 Å². The number of hydrogen-bond acceptors (Lipinski definition) is 3. The van der Waals surface area contributed by atoms with Crippen molar-refractivity contribution in [2.75, 3.05) is 13.2 Å². The molecule has 1 aliphatic rings. The van der Waals surface area contributed by atoms with Crippen LogP contribution < -0.4 is 5.32 Å². The van der Waals surface area contributed by atoms with Crippen molar-refractivity contribution in [1.29, 1.82) is 0 Å². The average Bonchev–Trinajstić information content (AvgIpc) is 3.11. The van der Waals surface area contributed by atoms with Crippen molar-refractivity contribution in [3.05, 3.63) is 95.1 Å². The molecule has 0 radical (unpaired) electrons. The molecule has 2 N–H and O–H groups in total. The molecular formula is C25H21F2NO4. The lowest BCUT2D eigenvalue weighted by Gasteiger charge is -2.16. The van der Waals surface area contributed by atoms with Gasteiger partial charge in [-0.3, -0.25) is 4.79 Å². The van der Waals surface area contributed by atoms with Crippen molar-refractivity contribution in [2.45, 2.75) is 12.3 Å². The molecule has 4 rings (SSSR count). The highest BCUT2D eigenvalue weighted by molar-refractivity contribution is 5.79. The Kier molecular flexibility index (Phi) is 6.16. The van der Waals surface area contributed by atoms with Crippen LogP contribution in [-0.4, -0.2) is 30.3 Å². The molecule has 0 saturated carbocycles. The molecule has 1 aliphatic carbocycles. The predicted molar refractivity (Wildman–Crippen MR) is 114 cm³/mol. The molecule has 32 heavy (non-hydrogen) atoms. The quantitative estimate of drug-likeness (QED) is 0.560. The van der Waals surface area contributed by atoms with Crippen LogP contribution in [0.1, 0.15) is 22.6 Å². The van der Waals surface area contributed by atoms with Crippen molar-refractivity contribution >= 4 is 12.1 Å². The number of carboxylic acids is 1. The molecule has 0 heterocycles. The number of carbonyl (C=O) groups excluding carboxylic acids is 1. The lowest BCUT2D eigenvalue weighted by Crippen LogP contribution is -2.35. The van der Waals surface area contributed by atoms with Gasteiger partial charge in [0, 0.05) is 12.5 Å². The smallest absolute Gasteiger partial charge is 0.407 e. The van der Waals surface area contributed by atoms with Gasteiger partial charge in [-0.05, 0) is 52.4 Å². The SMILES string of the molecule is O=C(NC[C@@H](Cc1cc(F)ccc1F)C(=O)O)OCC1c2ccccc2-c2ccccc21. The van der Waals surface area contributed by atoms with Gasteiger partial charge in [0.05, 0.1) is 5.92 Å². The molecule has 0 spiro atoms. The third-order valence-corrected chi connectivity index (χ3v) is 5.66. The highest BCUT2D eigenvalue weighted by Gasteiger charge is 2.29. The van der Waals surface area contributed by atoms with E-state index in [9.17, 15) is 23.5 Å². The summed E-state index contributed by atoms with van der Waals surface area (Å²) in [6.07, 6.45) is -1.03. The Hall–Kier alpha value is -3.74. The van der Waals surface area contributed by atoms with E-state index in [0.717, 1.165) is 40.5 Å². The van der Waals surface area contributed by atoms with Crippen LogP contribution in [0.15, 0.2) is 66.7 Å². The number of carboxylic acid groups (broad SMARTS) is 1. The van der Waals surface area contributed by atoms with Crippen molar-refractivity contribution in [3.63, 3.8) is 0 Å². The van der Waals surface area contributed by atoms with Gasteiger partial charge in [-0.15, -0.1) is 0 Å². The fourth-order valence-electron chi connectivity index (χ4n) is 4.07. The maximum absolute atomic E-state index is 13.9. The molecule has 3 aromatic rings. The largest absolute Gasteiger partial charge is 0.481 e. The molecule has 0 bridgehead atoms. The normalized spacial score (nSPS) is 13.2. The Morgan fingerprint density at radius 2 is 1.59 bits per heavy atom. The molecule has 1 amide bonds. The summed E-state index contributed by atoms with van der Waals surface area (Å²) in [4.78, 5) is 23.8. The van der Waals surface area contributed by atoms with Crippen LogP contribution in [0.4, 0.5) is 13.6 Å². The first kappa shape index (κ1) is 21.5. The van der Waals surface area contributed by atoms with Gasteiger partial charge in [-0.1, -0.05) is 48.5 Å². The summed E-state index contributed by atoms with van der Waals surface area (Å²) in [5.74, 6) is -3.84. The van der Waals surface area contributed by atoms with Gasteiger partial charge in [0.1, 0.15) is 18.2 Å². The maximum atomic E-state index is 13.9. The summed E-state index contributed by atoms with van der Waals surface area (Å²) in [5, 5.41) is 11.9. The van der Waals surface area contributed by atoms with Crippen LogP contribution in [0.5, 0.6) is 0 Å². The minimum Gasteiger partial charge on any atom is -0.481 e. The minimum atomic E-state index is -1.23. The van der Waals surface area contributed by atoms with Crippen LogP contribution in [0.25, 0.3) is 11.1 Å². The number of alkyl carbamates (subject to hydrolysis) is 1. The Balaban J connectivity index is 1.37. The summed E-state index contributed by atoms with van der Waals surface area (Å²) < 4.78 is 32.6. The number of rotatable bonds is 7. The van der Waals surface area contributed by atoms with Gasteiger partial charge < -0.3 is 15.2 Å². The van der Waals surface area contributed by atoms with E-state index in [2.05, 4.69) is 5.32 Å². The molecule has 3 aromatic carbocycles. The number of benzene rings is 3. The van der Waals surface area contributed by atoms with Crippen LogP contribution >= 0.6 is 0 Å². The number of hydrogen-bond donors (Lipinski definition) is 2. The number of fused-ring (bicyclic) bond motifs is 3. The lowest BCUT2D eigenvalue weighted by molar-refractivity contribution is -0.141. The topological polar surface area (TPSA) is 75.6 Å². The van der Waals surface area contributed by atoms with Gasteiger partial charge in [-0.2, -0.15) is 0 Å². The first-order valence-electron chi connectivity index (χ1n) is 10.2. The summed E-state index contributed by atoms with van der Waals surface area (Å²) in [5.41, 5.74) is 4.25. The van der Waals surface area contributed by atoms with Crippen LogP contribution in [-0.2, 0) is 16.0 Å². The molecule has 5 nitrogen and oxygen atoms in total. The Morgan fingerprint density at radius 1 is 0.969 bits per heavy atom. The third kappa shape index (κ3) is 4.46. The summed E-state index contributed by atoms with van der Waals surface area (Å²) in [6, 6.07) is 18.7. The monoisotopic (exact) mass is 437 g/mol. The number of amides is 1. The van der Waals surface area contributed by atoms with E-state index in [4.69, 9.17) is 4.74 Å². The second-order valence-electron chi connectivity index (χ2n) is 7.68. The molecule has 1 atom stereocenters. The zero-order valence-electron chi connectivity index (χ0n) is 17.1. The minimum absolute atomic E-state index is 0.0632. The van der Waals surface area contributed by atoms with E-state index in [0.29, 0.717) is 0 Å². The standard InChI is InChI=1S/C25H21F2NO4/c26-17-9-10-23(27)15(12-17)11-16(24(29)30)13-28-25(31)32-14-22-20-7-3-1-5-18(20)19-6-2-4-8-21(19)22/h1-10,12,16,22H,11,13-14H2,(H,28,31)(H,29,30)/t16-/m1/s1. The van der Waals surface area contributed by atoms with Crippen molar-refractivity contribution < 1.29 is 28.2 Å². The molecule has 7 heteroatoms. The molecule has 0 unspecified atom stereocenters. The molecule has 0 saturated heterocycles.